The number of allylic oxidation sites excluding steroid dienone is 2. The molecule has 1 aromatic carbocycles. The van der Waals surface area contributed by atoms with Crippen LogP contribution in [-0.2, 0) is 10.0 Å². The van der Waals surface area contributed by atoms with Crippen LogP contribution in [0.25, 0.3) is 0 Å². The van der Waals surface area contributed by atoms with Crippen LogP contribution in [0.3, 0.4) is 0 Å². The number of ketones is 2. The van der Waals surface area contributed by atoms with Gasteiger partial charge in [-0.2, -0.15) is 4.31 Å². The first-order valence-corrected chi connectivity index (χ1v) is 11.0. The van der Waals surface area contributed by atoms with Crippen molar-refractivity contribution in [1.29, 1.82) is 0 Å². The van der Waals surface area contributed by atoms with Gasteiger partial charge in [-0.1, -0.05) is 51.0 Å². The van der Waals surface area contributed by atoms with Gasteiger partial charge < -0.3 is 4.90 Å². The van der Waals surface area contributed by atoms with Gasteiger partial charge in [-0.15, -0.1) is 0 Å². The van der Waals surface area contributed by atoms with Crippen LogP contribution in [-0.4, -0.2) is 55.4 Å². The largest absolute Gasteiger partial charge is 0.367 e. The van der Waals surface area contributed by atoms with Crippen molar-refractivity contribution >= 4 is 21.6 Å². The van der Waals surface area contributed by atoms with Gasteiger partial charge in [0.2, 0.25) is 21.6 Å². The number of carbonyl (C=O) groups excluding carboxylic acids is 2. The summed E-state index contributed by atoms with van der Waals surface area (Å²) in [5.41, 5.74) is 0.527. The van der Waals surface area contributed by atoms with Crippen molar-refractivity contribution in [2.45, 2.75) is 39.5 Å². The number of hydrogen-bond donors (Lipinski definition) is 0. The van der Waals surface area contributed by atoms with E-state index in [0.29, 0.717) is 18.7 Å². The average Bonchev–Trinajstić information content (AvgIpc) is 2.94. The molecular weight excluding hydrogens is 364 g/mol. The molecule has 3 rings (SSSR count). The van der Waals surface area contributed by atoms with E-state index in [1.165, 1.54) is 10.4 Å². The molecule has 27 heavy (non-hydrogen) atoms. The maximum absolute atomic E-state index is 13.3. The Balaban J connectivity index is 2.25. The zero-order chi connectivity index (χ0) is 19.6. The highest BCUT2D eigenvalue weighted by Gasteiger charge is 2.43. The normalized spacial score (nSPS) is 18.7. The number of hydrogen-bond acceptors (Lipinski definition) is 5. The van der Waals surface area contributed by atoms with Gasteiger partial charge in [0, 0.05) is 37.3 Å². The second-order valence-corrected chi connectivity index (χ2v) is 8.75. The molecule has 1 aliphatic carbocycles. The molecular formula is C20H26N2O4S. The minimum absolute atomic E-state index is 0.0625. The number of nitrogens with zero attached hydrogens (tertiary/aromatic N) is 2. The van der Waals surface area contributed by atoms with Gasteiger partial charge in [0.1, 0.15) is 5.70 Å². The van der Waals surface area contributed by atoms with E-state index < -0.39 is 15.8 Å². The van der Waals surface area contributed by atoms with Crippen molar-refractivity contribution in [3.05, 3.63) is 46.0 Å². The lowest BCUT2D eigenvalue weighted by Gasteiger charge is -2.31. The number of carbonyl (C=O) groups is 2. The van der Waals surface area contributed by atoms with Crippen molar-refractivity contribution in [1.82, 2.24) is 9.21 Å². The Kier molecular flexibility index (Phi) is 5.81. The van der Waals surface area contributed by atoms with Crippen molar-refractivity contribution < 1.29 is 18.0 Å². The second kappa shape index (κ2) is 7.94. The van der Waals surface area contributed by atoms with Crippen LogP contribution in [0, 0.1) is 0 Å². The summed E-state index contributed by atoms with van der Waals surface area (Å²) in [4.78, 5) is 28.0. The Hall–Kier alpha value is -1.99. The predicted molar refractivity (Wildman–Crippen MR) is 104 cm³/mol. The van der Waals surface area contributed by atoms with Gasteiger partial charge in [0.05, 0.1) is 0 Å². The van der Waals surface area contributed by atoms with E-state index in [9.17, 15) is 18.0 Å². The van der Waals surface area contributed by atoms with Crippen LogP contribution in [0.1, 0.15) is 60.2 Å². The molecule has 0 radical (unpaired) electrons. The van der Waals surface area contributed by atoms with E-state index in [0.717, 1.165) is 25.7 Å². The summed E-state index contributed by atoms with van der Waals surface area (Å²) in [5, 5.41) is 0. The molecule has 0 N–H and O–H groups in total. The molecule has 0 aromatic heterocycles. The van der Waals surface area contributed by atoms with Crippen molar-refractivity contribution in [2.75, 3.05) is 26.2 Å². The predicted octanol–water partition coefficient (Wildman–Crippen LogP) is 2.82. The zero-order valence-corrected chi connectivity index (χ0v) is 16.7. The van der Waals surface area contributed by atoms with Crippen molar-refractivity contribution in [3.8, 4) is 0 Å². The lowest BCUT2D eigenvalue weighted by atomic mass is 9.91. The van der Waals surface area contributed by atoms with Gasteiger partial charge in [0.25, 0.3) is 0 Å². The number of rotatable bonds is 5. The molecule has 0 atom stereocenters. The van der Waals surface area contributed by atoms with Crippen LogP contribution in [0.15, 0.2) is 34.9 Å². The summed E-state index contributed by atoms with van der Waals surface area (Å²) in [6.07, 6.45) is 3.84. The summed E-state index contributed by atoms with van der Waals surface area (Å²) in [6, 6.07) is 6.50. The minimum Gasteiger partial charge on any atom is -0.367 e. The van der Waals surface area contributed by atoms with Gasteiger partial charge in [-0.3, -0.25) is 9.59 Å². The second-order valence-electron chi connectivity index (χ2n) is 6.87. The molecule has 0 unspecified atom stereocenters. The molecule has 1 aliphatic heterocycles. The van der Waals surface area contributed by atoms with Crippen LogP contribution in [0.4, 0.5) is 0 Å². The highest BCUT2D eigenvalue weighted by atomic mass is 32.2. The molecule has 1 fully saturated rings. The summed E-state index contributed by atoms with van der Waals surface area (Å²) in [7, 11) is -4.06. The number of benzene rings is 1. The molecule has 146 valence electrons. The van der Waals surface area contributed by atoms with Crippen LogP contribution < -0.4 is 0 Å². The lowest BCUT2D eigenvalue weighted by molar-refractivity contribution is 0.0946. The number of sulfonamides is 1. The Morgan fingerprint density at radius 1 is 0.889 bits per heavy atom. The van der Waals surface area contributed by atoms with Crippen molar-refractivity contribution in [2.24, 2.45) is 0 Å². The number of likely N-dealkylation sites (tertiary alicyclic amines) is 1. The third-order valence-corrected chi connectivity index (χ3v) is 7.37. The molecule has 0 bridgehead atoms. The van der Waals surface area contributed by atoms with E-state index in [2.05, 4.69) is 0 Å². The van der Waals surface area contributed by atoms with Crippen LogP contribution in [0.2, 0.25) is 0 Å². The summed E-state index contributed by atoms with van der Waals surface area (Å²) < 4.78 is 27.9. The standard InChI is InChI=1S/C20H26N2O4S/c1-3-22(4-2)27(25,26)20-17(21-13-9-5-6-10-14-21)18(23)15-11-7-8-12-16(15)19(20)24/h7-8,11-12H,3-6,9-10,13-14H2,1-2H3. The van der Waals surface area contributed by atoms with E-state index >= 15 is 0 Å². The molecule has 7 heteroatoms. The highest BCUT2D eigenvalue weighted by molar-refractivity contribution is 7.94. The zero-order valence-electron chi connectivity index (χ0n) is 15.9. The number of fused-ring (bicyclic) bond motifs is 1. The summed E-state index contributed by atoms with van der Waals surface area (Å²) >= 11 is 0. The van der Waals surface area contributed by atoms with E-state index in [4.69, 9.17) is 0 Å². The first-order valence-electron chi connectivity index (χ1n) is 9.61. The molecule has 6 nitrogen and oxygen atoms in total. The Bertz CT molecular complexity index is 877. The molecule has 1 heterocycles. The van der Waals surface area contributed by atoms with E-state index in [1.807, 2.05) is 4.90 Å². The molecule has 1 aromatic rings. The van der Waals surface area contributed by atoms with Gasteiger partial charge >= 0.3 is 0 Å². The SMILES string of the molecule is CCN(CC)S(=O)(=O)C1=C(N2CCCCCC2)C(=O)c2ccccc2C1=O. The van der Waals surface area contributed by atoms with Gasteiger partial charge in [0.15, 0.2) is 4.91 Å². The number of Topliss-reactive ketones (excluding diaryl/α,β-unsaturated/α-hetero) is 2. The molecule has 0 spiro atoms. The molecule has 2 aliphatic rings. The Morgan fingerprint density at radius 2 is 1.41 bits per heavy atom. The maximum Gasteiger partial charge on any atom is 0.249 e. The third-order valence-electron chi connectivity index (χ3n) is 5.28. The quantitative estimate of drug-likeness (QED) is 0.773. The average molecular weight is 391 g/mol. The molecule has 0 saturated carbocycles. The topological polar surface area (TPSA) is 74.8 Å². The lowest BCUT2D eigenvalue weighted by Crippen LogP contribution is -2.41. The fourth-order valence-corrected chi connectivity index (χ4v) is 5.60. The van der Waals surface area contributed by atoms with Gasteiger partial charge in [-0.05, 0) is 12.8 Å². The van der Waals surface area contributed by atoms with E-state index in [-0.39, 0.29) is 35.0 Å². The first kappa shape index (κ1) is 19.8. The Labute approximate surface area is 160 Å². The fraction of sp³-hybridized carbons (Fsp3) is 0.500. The van der Waals surface area contributed by atoms with Crippen LogP contribution in [0.5, 0.6) is 0 Å². The van der Waals surface area contributed by atoms with Gasteiger partial charge in [-0.25, -0.2) is 8.42 Å². The summed E-state index contributed by atoms with van der Waals surface area (Å²) in [6.45, 7) is 5.14. The monoisotopic (exact) mass is 390 g/mol. The van der Waals surface area contributed by atoms with Crippen LogP contribution >= 0.6 is 0 Å². The molecule has 0 amide bonds. The van der Waals surface area contributed by atoms with E-state index in [1.54, 1.807) is 32.0 Å². The first-order chi connectivity index (χ1) is 12.9. The minimum atomic E-state index is -4.06. The summed E-state index contributed by atoms with van der Waals surface area (Å²) in [5.74, 6) is -0.936. The highest BCUT2D eigenvalue weighted by Crippen LogP contribution is 2.33. The van der Waals surface area contributed by atoms with Crippen molar-refractivity contribution in [3.63, 3.8) is 0 Å². The maximum atomic E-state index is 13.3. The third kappa shape index (κ3) is 3.46. The molecule has 1 saturated heterocycles. The smallest absolute Gasteiger partial charge is 0.249 e. The Morgan fingerprint density at radius 3 is 1.93 bits per heavy atom. The fourth-order valence-electron chi connectivity index (χ4n) is 3.85.